The summed E-state index contributed by atoms with van der Waals surface area (Å²) in [7, 11) is 1.99. The van der Waals surface area contributed by atoms with Crippen molar-refractivity contribution in [1.82, 2.24) is 9.88 Å². The number of pyridine rings is 1. The summed E-state index contributed by atoms with van der Waals surface area (Å²) in [5, 5.41) is 0. The van der Waals surface area contributed by atoms with Gasteiger partial charge >= 0.3 is 0 Å². The summed E-state index contributed by atoms with van der Waals surface area (Å²) in [6.07, 6.45) is -2.46. The van der Waals surface area contributed by atoms with Crippen LogP contribution in [0.5, 0.6) is 5.88 Å². The Kier molecular flexibility index (Phi) is 9.04. The van der Waals surface area contributed by atoms with Gasteiger partial charge in [0.2, 0.25) is 5.88 Å². The van der Waals surface area contributed by atoms with Crippen molar-refractivity contribution < 1.29 is 13.5 Å². The maximum atomic E-state index is 11.9. The molecule has 3 nitrogen and oxygen atoms in total. The van der Waals surface area contributed by atoms with Gasteiger partial charge in [-0.05, 0) is 12.6 Å². The highest BCUT2D eigenvalue weighted by atomic mass is 19.3. The zero-order chi connectivity index (χ0) is 14.8. The van der Waals surface area contributed by atoms with Gasteiger partial charge in [-0.2, -0.15) is 0 Å². The average molecular weight is 274 g/mol. The van der Waals surface area contributed by atoms with Crippen LogP contribution >= 0.6 is 0 Å². The molecule has 110 valence electrons. The van der Waals surface area contributed by atoms with E-state index in [-0.39, 0.29) is 5.88 Å². The molecule has 5 heteroatoms. The van der Waals surface area contributed by atoms with Gasteiger partial charge in [0.25, 0.3) is 6.43 Å². The van der Waals surface area contributed by atoms with E-state index in [2.05, 4.69) is 9.88 Å². The molecule has 1 aromatic rings. The molecule has 0 saturated heterocycles. The Hall–Kier alpha value is -1.23. The van der Waals surface area contributed by atoms with Gasteiger partial charge in [0.15, 0.2) is 6.61 Å². The molecule has 19 heavy (non-hydrogen) atoms. The van der Waals surface area contributed by atoms with Gasteiger partial charge < -0.3 is 4.74 Å². The molecule has 0 spiro atoms. The third kappa shape index (κ3) is 5.96. The molecule has 1 aliphatic rings. The van der Waals surface area contributed by atoms with Gasteiger partial charge in [0, 0.05) is 19.2 Å². The van der Waals surface area contributed by atoms with Crippen LogP contribution in [-0.4, -0.2) is 30.0 Å². The number of ether oxygens (including phenoxy) is 1. The molecule has 0 bridgehead atoms. The van der Waals surface area contributed by atoms with E-state index in [0.717, 1.165) is 24.3 Å². The van der Waals surface area contributed by atoms with Crippen LogP contribution < -0.4 is 4.74 Å². The molecule has 1 aliphatic heterocycles. The third-order valence-electron chi connectivity index (χ3n) is 2.26. The fraction of sp³-hybridized carbons (Fsp3) is 0.643. The van der Waals surface area contributed by atoms with Gasteiger partial charge in [-0.1, -0.05) is 33.8 Å². The number of alkyl halides is 2. The van der Waals surface area contributed by atoms with E-state index < -0.39 is 13.0 Å². The molecule has 0 atom stereocenters. The average Bonchev–Trinajstić information content (AvgIpc) is 2.80. The lowest BCUT2D eigenvalue weighted by atomic mass is 10.2. The minimum atomic E-state index is -2.46. The van der Waals surface area contributed by atoms with Crippen molar-refractivity contribution in [2.45, 2.75) is 47.2 Å². The second-order valence-electron chi connectivity index (χ2n) is 3.63. The van der Waals surface area contributed by atoms with Crippen molar-refractivity contribution in [2.24, 2.45) is 0 Å². The first-order chi connectivity index (χ1) is 9.15. The predicted octanol–water partition coefficient (Wildman–Crippen LogP) is 3.72. The Bertz CT molecular complexity index is 359. The second kappa shape index (κ2) is 9.67. The second-order valence-corrected chi connectivity index (χ2v) is 3.63. The molecule has 2 rings (SSSR count). The Morgan fingerprint density at radius 3 is 2.42 bits per heavy atom. The molecule has 0 saturated carbocycles. The van der Waals surface area contributed by atoms with Crippen molar-refractivity contribution in [1.29, 1.82) is 0 Å². The minimum absolute atomic E-state index is 0.282. The number of hydrogen-bond acceptors (Lipinski definition) is 3. The fourth-order valence-corrected chi connectivity index (χ4v) is 1.62. The van der Waals surface area contributed by atoms with Crippen molar-refractivity contribution in [3.05, 3.63) is 23.4 Å². The lowest BCUT2D eigenvalue weighted by Crippen LogP contribution is -2.09. The van der Waals surface area contributed by atoms with Crippen LogP contribution in [0.2, 0.25) is 0 Å². The first kappa shape index (κ1) is 17.8. The number of nitrogens with zero attached hydrogens (tertiary/aromatic N) is 2. The molecular weight excluding hydrogens is 250 g/mol. The monoisotopic (exact) mass is 274 g/mol. The topological polar surface area (TPSA) is 25.4 Å². The van der Waals surface area contributed by atoms with E-state index in [0.29, 0.717) is 0 Å². The molecule has 0 radical (unpaired) electrons. The standard InChI is InChI=1S/C10H12F2N2O.2C2H6/c1-14-4-7-2-3-10(13-8(7)5-14)15-6-9(11)12;2*1-2/h2-3,9H,4-6H2,1H3;2*1-2H3. The molecule has 2 heterocycles. The molecule has 0 amide bonds. The Morgan fingerprint density at radius 2 is 1.84 bits per heavy atom. The fourth-order valence-electron chi connectivity index (χ4n) is 1.62. The summed E-state index contributed by atoms with van der Waals surface area (Å²) >= 11 is 0. The summed E-state index contributed by atoms with van der Waals surface area (Å²) in [5.41, 5.74) is 2.06. The largest absolute Gasteiger partial charge is 0.472 e. The molecule has 0 fully saturated rings. The maximum absolute atomic E-state index is 11.9. The number of fused-ring (bicyclic) bond motifs is 1. The van der Waals surface area contributed by atoms with Crippen LogP contribution in [0.1, 0.15) is 39.0 Å². The van der Waals surface area contributed by atoms with Gasteiger partial charge in [-0.3, -0.25) is 4.90 Å². The van der Waals surface area contributed by atoms with E-state index >= 15 is 0 Å². The smallest absolute Gasteiger partial charge is 0.272 e. The highest BCUT2D eigenvalue weighted by molar-refractivity contribution is 5.28. The van der Waals surface area contributed by atoms with Crippen molar-refractivity contribution >= 4 is 0 Å². The van der Waals surface area contributed by atoms with Crippen molar-refractivity contribution in [2.75, 3.05) is 13.7 Å². The summed E-state index contributed by atoms with van der Waals surface area (Å²) in [4.78, 5) is 6.28. The van der Waals surface area contributed by atoms with E-state index in [4.69, 9.17) is 4.74 Å². The molecule has 0 aliphatic carbocycles. The zero-order valence-corrected chi connectivity index (χ0v) is 12.4. The van der Waals surface area contributed by atoms with E-state index in [1.807, 2.05) is 40.8 Å². The van der Waals surface area contributed by atoms with Gasteiger partial charge in [0.05, 0.1) is 5.69 Å². The quantitative estimate of drug-likeness (QED) is 0.840. The van der Waals surface area contributed by atoms with E-state index in [1.165, 1.54) is 0 Å². The lowest BCUT2D eigenvalue weighted by molar-refractivity contribution is 0.0794. The molecule has 0 N–H and O–H groups in total. The van der Waals surface area contributed by atoms with Gasteiger partial charge in [-0.25, -0.2) is 13.8 Å². The van der Waals surface area contributed by atoms with Gasteiger partial charge in [-0.15, -0.1) is 0 Å². The molecule has 0 unspecified atom stereocenters. The van der Waals surface area contributed by atoms with Crippen LogP contribution in [0, 0.1) is 0 Å². The van der Waals surface area contributed by atoms with Crippen LogP contribution in [-0.2, 0) is 13.1 Å². The SMILES string of the molecule is CC.CC.CN1Cc2ccc(OCC(F)F)nc2C1. The summed E-state index contributed by atoms with van der Waals surface area (Å²) < 4.78 is 28.6. The number of halogens is 2. The predicted molar refractivity (Wildman–Crippen MR) is 73.6 cm³/mol. The first-order valence-electron chi connectivity index (χ1n) is 6.73. The van der Waals surface area contributed by atoms with Gasteiger partial charge in [0.1, 0.15) is 0 Å². The molecule has 0 aromatic carbocycles. The van der Waals surface area contributed by atoms with Crippen molar-refractivity contribution in [3.63, 3.8) is 0 Å². The molecular formula is C14H24F2N2O. The van der Waals surface area contributed by atoms with E-state index in [9.17, 15) is 8.78 Å². The van der Waals surface area contributed by atoms with E-state index in [1.54, 1.807) is 6.07 Å². The summed E-state index contributed by atoms with van der Waals surface area (Å²) in [5.74, 6) is 0.282. The number of hydrogen-bond donors (Lipinski definition) is 0. The Balaban J connectivity index is 0.000000741. The Labute approximate surface area is 114 Å². The minimum Gasteiger partial charge on any atom is -0.472 e. The van der Waals surface area contributed by atoms with Crippen LogP contribution in [0.3, 0.4) is 0 Å². The maximum Gasteiger partial charge on any atom is 0.272 e. The summed E-state index contributed by atoms with van der Waals surface area (Å²) in [6, 6.07) is 3.52. The number of rotatable bonds is 3. The Morgan fingerprint density at radius 1 is 1.21 bits per heavy atom. The highest BCUT2D eigenvalue weighted by Gasteiger charge is 2.17. The number of aromatic nitrogens is 1. The van der Waals surface area contributed by atoms with Crippen LogP contribution in [0.25, 0.3) is 0 Å². The normalized spacial score (nSPS) is 13.1. The zero-order valence-electron chi connectivity index (χ0n) is 12.4. The van der Waals surface area contributed by atoms with Crippen LogP contribution in [0.15, 0.2) is 12.1 Å². The van der Waals surface area contributed by atoms with Crippen LogP contribution in [0.4, 0.5) is 8.78 Å². The highest BCUT2D eigenvalue weighted by Crippen LogP contribution is 2.22. The third-order valence-corrected chi connectivity index (χ3v) is 2.26. The molecule has 1 aromatic heterocycles. The lowest BCUT2D eigenvalue weighted by Gasteiger charge is -2.05. The first-order valence-corrected chi connectivity index (χ1v) is 6.73. The summed E-state index contributed by atoms with van der Waals surface area (Å²) in [6.45, 7) is 9.01. The van der Waals surface area contributed by atoms with Crippen molar-refractivity contribution in [3.8, 4) is 5.88 Å².